The third-order valence-electron chi connectivity index (χ3n) is 4.58. The van der Waals surface area contributed by atoms with Gasteiger partial charge in [0.2, 0.25) is 11.7 Å². The minimum Gasteiger partial charge on any atom is -0.307 e. The lowest BCUT2D eigenvalue weighted by Crippen LogP contribution is -2.64. The van der Waals surface area contributed by atoms with Crippen LogP contribution in [0.25, 0.3) is 0 Å². The molecule has 8 heteroatoms. The van der Waals surface area contributed by atoms with Crippen molar-refractivity contribution in [1.29, 1.82) is 0 Å². The van der Waals surface area contributed by atoms with E-state index >= 15 is 0 Å². The van der Waals surface area contributed by atoms with E-state index in [4.69, 9.17) is 25.4 Å². The van der Waals surface area contributed by atoms with Gasteiger partial charge in [0.05, 0.1) is 17.2 Å². The fourth-order valence-corrected chi connectivity index (χ4v) is 3.66. The van der Waals surface area contributed by atoms with Crippen molar-refractivity contribution in [2.75, 3.05) is 0 Å². The molecule has 1 aliphatic rings. The normalized spacial score (nSPS) is 20.3. The second-order valence-electron chi connectivity index (χ2n) is 11.9. The van der Waals surface area contributed by atoms with Gasteiger partial charge in [0.1, 0.15) is 0 Å². The van der Waals surface area contributed by atoms with E-state index in [2.05, 4.69) is 33.0 Å². The fraction of sp³-hybridized carbons (Fsp3) is 0.955. The Kier molecular flexibility index (Phi) is 8.53. The number of hydrogen-bond donors (Lipinski definition) is 2. The van der Waals surface area contributed by atoms with Crippen LogP contribution in [0.5, 0.6) is 0 Å². The first-order chi connectivity index (χ1) is 13.2. The molecule has 1 saturated heterocycles. The molecular formula is C22H45N3O5. The molecule has 0 aromatic heterocycles. The second kappa shape index (κ2) is 9.38. The molecule has 1 amide bonds. The first-order valence-electron chi connectivity index (χ1n) is 10.8. The Balaban J connectivity index is 2.79. The molecule has 3 N–H and O–H groups in total. The average molecular weight is 432 g/mol. The van der Waals surface area contributed by atoms with E-state index in [1.54, 1.807) is 6.92 Å². The van der Waals surface area contributed by atoms with Gasteiger partial charge < -0.3 is 5.32 Å². The van der Waals surface area contributed by atoms with Gasteiger partial charge in [-0.3, -0.25) is 9.80 Å². The molecule has 0 atom stereocenters. The Bertz CT molecular complexity index is 544. The Morgan fingerprint density at radius 3 is 1.67 bits per heavy atom. The van der Waals surface area contributed by atoms with Crippen LogP contribution in [0.2, 0.25) is 0 Å². The van der Waals surface area contributed by atoms with Crippen LogP contribution < -0.4 is 11.2 Å². The van der Waals surface area contributed by atoms with E-state index in [-0.39, 0.29) is 35.9 Å². The Morgan fingerprint density at radius 1 is 0.900 bits per heavy atom. The van der Waals surface area contributed by atoms with Crippen LogP contribution in [-0.4, -0.2) is 45.0 Å². The van der Waals surface area contributed by atoms with Gasteiger partial charge in [0.25, 0.3) is 0 Å². The molecule has 8 nitrogen and oxygen atoms in total. The molecule has 0 saturated carbocycles. The van der Waals surface area contributed by atoms with Crippen molar-refractivity contribution in [3.8, 4) is 0 Å². The maximum atomic E-state index is 12.9. The van der Waals surface area contributed by atoms with Gasteiger partial charge >= 0.3 is 0 Å². The third kappa shape index (κ3) is 10.0. The van der Waals surface area contributed by atoms with E-state index in [9.17, 15) is 4.79 Å². The zero-order valence-electron chi connectivity index (χ0n) is 21.0. The number of amides is 1. The Hall–Kier alpha value is -0.770. The summed E-state index contributed by atoms with van der Waals surface area (Å²) in [5.41, 5.74) is -1.29. The highest BCUT2D eigenvalue weighted by atomic mass is 17.3. The fourth-order valence-electron chi connectivity index (χ4n) is 3.66. The molecule has 0 spiro atoms. The number of carbonyl (C=O) groups excluding carboxylic acids is 1. The molecule has 0 radical (unpaired) electrons. The van der Waals surface area contributed by atoms with Crippen LogP contribution in [-0.2, 0) is 24.3 Å². The van der Waals surface area contributed by atoms with E-state index in [0.29, 0.717) is 0 Å². The van der Waals surface area contributed by atoms with E-state index in [0.717, 1.165) is 12.8 Å². The van der Waals surface area contributed by atoms with Crippen LogP contribution in [0.15, 0.2) is 0 Å². The van der Waals surface area contributed by atoms with Crippen molar-refractivity contribution in [1.82, 2.24) is 10.3 Å². The summed E-state index contributed by atoms with van der Waals surface area (Å²) in [6.07, 6.45) is 1.93. The third-order valence-corrected chi connectivity index (χ3v) is 4.58. The number of hydrazine groups is 1. The summed E-state index contributed by atoms with van der Waals surface area (Å²) >= 11 is 0. The van der Waals surface area contributed by atoms with Crippen molar-refractivity contribution >= 4 is 5.91 Å². The van der Waals surface area contributed by atoms with Crippen molar-refractivity contribution < 1.29 is 24.3 Å². The van der Waals surface area contributed by atoms with Gasteiger partial charge in [-0.2, -0.15) is 9.78 Å². The molecule has 0 aromatic carbocycles. The highest BCUT2D eigenvalue weighted by Crippen LogP contribution is 2.31. The summed E-state index contributed by atoms with van der Waals surface area (Å²) in [4.78, 5) is 34.9. The molecular weight excluding hydrogens is 386 g/mol. The number of nitrogens with two attached hydrogens (primary N) is 1. The number of rotatable bonds is 8. The van der Waals surface area contributed by atoms with Crippen LogP contribution in [0.1, 0.15) is 102 Å². The standard InChI is InChI=1S/C22H45N3O5/c1-18(2,3)27-29-22(11,30-28-19(4,5)6)13-12-17(26)25(23)16-14-20(7,8)24-21(9,10)15-16/h16,24H,12-15,23H2,1-11H3. The predicted molar refractivity (Wildman–Crippen MR) is 117 cm³/mol. The Labute approximate surface area is 182 Å². The maximum absolute atomic E-state index is 12.9. The smallest absolute Gasteiger partial charge is 0.236 e. The number of hydrogen-bond acceptors (Lipinski definition) is 7. The van der Waals surface area contributed by atoms with Crippen molar-refractivity contribution in [2.24, 2.45) is 5.84 Å². The topological polar surface area (TPSA) is 95.3 Å². The summed E-state index contributed by atoms with van der Waals surface area (Å²) < 4.78 is 0. The first kappa shape index (κ1) is 27.3. The van der Waals surface area contributed by atoms with Crippen molar-refractivity contribution in [3.05, 3.63) is 0 Å². The molecule has 0 aromatic rings. The van der Waals surface area contributed by atoms with Crippen LogP contribution in [0, 0.1) is 0 Å². The van der Waals surface area contributed by atoms with Gasteiger partial charge in [-0.05, 0) is 89.0 Å². The van der Waals surface area contributed by atoms with Gasteiger partial charge in [-0.25, -0.2) is 15.6 Å². The zero-order chi connectivity index (χ0) is 23.6. The second-order valence-corrected chi connectivity index (χ2v) is 11.9. The molecule has 1 rings (SSSR count). The molecule has 178 valence electrons. The molecule has 1 aliphatic heterocycles. The largest absolute Gasteiger partial charge is 0.307 e. The zero-order valence-corrected chi connectivity index (χ0v) is 21.0. The lowest BCUT2D eigenvalue weighted by atomic mass is 9.79. The molecule has 1 heterocycles. The summed E-state index contributed by atoms with van der Waals surface area (Å²) in [5.74, 6) is 4.83. The van der Waals surface area contributed by atoms with Crippen LogP contribution in [0.4, 0.5) is 0 Å². The molecule has 0 unspecified atom stereocenters. The maximum Gasteiger partial charge on any atom is 0.236 e. The molecule has 30 heavy (non-hydrogen) atoms. The minimum absolute atomic E-state index is 0.0477. The summed E-state index contributed by atoms with van der Waals surface area (Å²) in [5, 5.41) is 4.98. The predicted octanol–water partition coefficient (Wildman–Crippen LogP) is 3.99. The molecule has 1 fully saturated rings. The van der Waals surface area contributed by atoms with Gasteiger partial charge in [-0.15, -0.1) is 0 Å². The Morgan fingerprint density at radius 2 is 1.30 bits per heavy atom. The van der Waals surface area contributed by atoms with Crippen LogP contribution >= 0.6 is 0 Å². The van der Waals surface area contributed by atoms with E-state index < -0.39 is 17.0 Å². The summed E-state index contributed by atoms with van der Waals surface area (Å²) in [7, 11) is 0. The van der Waals surface area contributed by atoms with E-state index in [1.807, 2.05) is 41.5 Å². The van der Waals surface area contributed by atoms with Gasteiger partial charge in [0, 0.05) is 23.9 Å². The SMILES string of the molecule is CC1(C)CC(N(N)C(=O)CCC(C)(OOC(C)(C)C)OOC(C)(C)C)CC(C)(C)N1. The highest BCUT2D eigenvalue weighted by Gasteiger charge is 2.41. The average Bonchev–Trinajstić information content (AvgIpc) is 2.51. The highest BCUT2D eigenvalue weighted by molar-refractivity contribution is 5.76. The van der Waals surface area contributed by atoms with Crippen LogP contribution in [0.3, 0.4) is 0 Å². The summed E-state index contributed by atoms with van der Waals surface area (Å²) in [6, 6.07) is -0.0477. The van der Waals surface area contributed by atoms with Crippen molar-refractivity contribution in [3.63, 3.8) is 0 Å². The number of nitrogens with zero attached hydrogens (tertiary/aromatic N) is 1. The minimum atomic E-state index is -1.26. The quantitative estimate of drug-likeness (QED) is 0.197. The lowest BCUT2D eigenvalue weighted by Gasteiger charge is -2.48. The molecule has 0 aliphatic carbocycles. The monoisotopic (exact) mass is 431 g/mol. The first-order valence-corrected chi connectivity index (χ1v) is 10.8. The summed E-state index contributed by atoms with van der Waals surface area (Å²) in [6.45, 7) is 21.4. The number of piperidine rings is 1. The van der Waals surface area contributed by atoms with Gasteiger partial charge in [0.15, 0.2) is 0 Å². The number of carbonyl (C=O) groups is 1. The molecule has 0 bridgehead atoms. The lowest BCUT2D eigenvalue weighted by molar-refractivity contribution is -0.537. The van der Waals surface area contributed by atoms with Crippen molar-refractivity contribution in [2.45, 2.75) is 136 Å². The van der Waals surface area contributed by atoms with Gasteiger partial charge in [-0.1, -0.05) is 0 Å². The number of nitrogens with one attached hydrogen (secondary N) is 1. The van der Waals surface area contributed by atoms with E-state index in [1.165, 1.54) is 5.01 Å².